The Labute approximate surface area is 237 Å². The Morgan fingerprint density at radius 2 is 1.40 bits per heavy atom. The van der Waals surface area contributed by atoms with E-state index < -0.39 is 0 Å². The van der Waals surface area contributed by atoms with Crippen LogP contribution in [0.4, 0.5) is 28.7 Å². The van der Waals surface area contributed by atoms with Crippen LogP contribution in [0.2, 0.25) is 0 Å². The van der Waals surface area contributed by atoms with Gasteiger partial charge in [-0.2, -0.15) is 10.1 Å². The van der Waals surface area contributed by atoms with Crippen molar-refractivity contribution in [1.82, 2.24) is 24.7 Å². The maximum atomic E-state index is 5.57. The lowest BCUT2D eigenvalue weighted by molar-refractivity contribution is 0.685. The van der Waals surface area contributed by atoms with Crippen LogP contribution in [0.1, 0.15) is 17.0 Å². The molecule has 4 N–H and O–H groups in total. The van der Waals surface area contributed by atoms with E-state index in [2.05, 4.69) is 46.3 Å². The number of benzene rings is 3. The zero-order chi connectivity index (χ0) is 27.7. The van der Waals surface area contributed by atoms with Gasteiger partial charge in [0.2, 0.25) is 17.0 Å². The number of guanidine groups is 1. The van der Waals surface area contributed by atoms with Crippen LogP contribution in [0.5, 0.6) is 0 Å². The summed E-state index contributed by atoms with van der Waals surface area (Å²) in [7, 11) is 0. The van der Waals surface area contributed by atoms with Crippen LogP contribution in [-0.4, -0.2) is 35.8 Å². The molecule has 5 aromatic rings. The summed E-state index contributed by atoms with van der Waals surface area (Å²) < 4.78 is 1.77. The van der Waals surface area contributed by atoms with E-state index in [4.69, 9.17) is 12.2 Å². The molecule has 0 saturated carbocycles. The average Bonchev–Trinajstić information content (AvgIpc) is 3.44. The largest absolute Gasteiger partial charge is 0.356 e. The van der Waals surface area contributed by atoms with E-state index in [1.54, 1.807) is 11.0 Å². The Morgan fingerprint density at radius 3 is 2.08 bits per heavy atom. The van der Waals surface area contributed by atoms with Crippen LogP contribution in [0.15, 0.2) is 103 Å². The summed E-state index contributed by atoms with van der Waals surface area (Å²) in [6, 6.07) is 27.7. The van der Waals surface area contributed by atoms with Crippen LogP contribution in [-0.2, 0) is 6.54 Å². The lowest BCUT2D eigenvalue weighted by Gasteiger charge is -2.14. The molecule has 0 amide bonds. The molecule has 0 atom stereocenters. The van der Waals surface area contributed by atoms with Crippen molar-refractivity contribution in [3.05, 3.63) is 115 Å². The predicted molar refractivity (Wildman–Crippen MR) is 164 cm³/mol. The molecular formula is C29H28N10S. The van der Waals surface area contributed by atoms with E-state index in [0.717, 1.165) is 39.7 Å². The molecule has 2 aromatic heterocycles. The topological polar surface area (TPSA) is 117 Å². The van der Waals surface area contributed by atoms with Crippen LogP contribution in [0, 0.1) is 13.8 Å². The second-order valence-electron chi connectivity index (χ2n) is 8.97. The fourth-order valence-corrected chi connectivity index (χ4v) is 4.09. The molecule has 200 valence electrons. The van der Waals surface area contributed by atoms with Crippen molar-refractivity contribution in [2.24, 2.45) is 4.99 Å². The third-order valence-corrected chi connectivity index (χ3v) is 5.85. The highest BCUT2D eigenvalue weighted by molar-refractivity contribution is 7.80. The quantitative estimate of drug-likeness (QED) is 0.114. The number of aromatic nitrogens is 5. The third kappa shape index (κ3) is 7.68. The maximum absolute atomic E-state index is 5.57. The highest BCUT2D eigenvalue weighted by Gasteiger charge is 2.08. The molecule has 0 spiro atoms. The number of hydrogen-bond acceptors (Lipinski definition) is 6. The molecule has 0 aliphatic carbocycles. The van der Waals surface area contributed by atoms with Gasteiger partial charge in [0.1, 0.15) is 12.7 Å². The molecule has 40 heavy (non-hydrogen) atoms. The molecule has 3 aromatic carbocycles. The molecule has 0 aliphatic heterocycles. The molecule has 5 rings (SSSR count). The van der Waals surface area contributed by atoms with E-state index >= 15 is 0 Å². The number of para-hydroxylation sites is 1. The van der Waals surface area contributed by atoms with Crippen molar-refractivity contribution in [3.63, 3.8) is 0 Å². The van der Waals surface area contributed by atoms with Crippen molar-refractivity contribution in [2.75, 3.05) is 21.3 Å². The van der Waals surface area contributed by atoms with E-state index in [1.165, 1.54) is 6.33 Å². The first-order valence-electron chi connectivity index (χ1n) is 12.6. The molecule has 0 unspecified atom stereocenters. The lowest BCUT2D eigenvalue weighted by Crippen LogP contribution is -2.26. The SMILES string of the molecule is Cc1cc(C)nc(N/C(=N/C(=S)Nc2ccc(Nc3ccccc3)cc2)Nc2ccc(Cn3cncn3)cc2)n1. The van der Waals surface area contributed by atoms with Gasteiger partial charge in [-0.05, 0) is 86.2 Å². The molecule has 10 nitrogen and oxygen atoms in total. The number of thiocarbonyl (C=S) groups is 1. The van der Waals surface area contributed by atoms with Gasteiger partial charge in [0.05, 0.1) is 6.54 Å². The van der Waals surface area contributed by atoms with Crippen LogP contribution in [0.3, 0.4) is 0 Å². The Bertz CT molecular complexity index is 1560. The minimum Gasteiger partial charge on any atom is -0.356 e. The Kier molecular flexibility index (Phi) is 8.32. The molecule has 2 heterocycles. The maximum Gasteiger partial charge on any atom is 0.229 e. The number of aliphatic imine (C=N–C) groups is 1. The summed E-state index contributed by atoms with van der Waals surface area (Å²) in [5.74, 6) is 0.805. The fraction of sp³-hybridized carbons (Fsp3) is 0.103. The van der Waals surface area contributed by atoms with Crippen LogP contribution in [0.25, 0.3) is 0 Å². The molecule has 0 aliphatic rings. The van der Waals surface area contributed by atoms with Crippen molar-refractivity contribution in [2.45, 2.75) is 20.4 Å². The van der Waals surface area contributed by atoms with Crippen LogP contribution < -0.4 is 21.3 Å². The van der Waals surface area contributed by atoms with Crippen molar-refractivity contribution in [3.8, 4) is 0 Å². The molecular weight excluding hydrogens is 520 g/mol. The molecule has 0 radical (unpaired) electrons. The first-order valence-corrected chi connectivity index (χ1v) is 13.0. The van der Waals surface area contributed by atoms with E-state index in [0.29, 0.717) is 18.5 Å². The zero-order valence-corrected chi connectivity index (χ0v) is 22.9. The lowest BCUT2D eigenvalue weighted by atomic mass is 10.2. The highest BCUT2D eigenvalue weighted by atomic mass is 32.1. The van der Waals surface area contributed by atoms with Gasteiger partial charge >= 0.3 is 0 Å². The number of anilines is 5. The van der Waals surface area contributed by atoms with Gasteiger partial charge in [0, 0.05) is 34.1 Å². The Morgan fingerprint density at radius 1 is 0.775 bits per heavy atom. The van der Waals surface area contributed by atoms with Gasteiger partial charge in [-0.1, -0.05) is 30.3 Å². The smallest absolute Gasteiger partial charge is 0.229 e. The molecule has 11 heteroatoms. The number of nitrogens with zero attached hydrogens (tertiary/aromatic N) is 6. The normalized spacial score (nSPS) is 11.1. The summed E-state index contributed by atoms with van der Waals surface area (Å²) >= 11 is 5.57. The second kappa shape index (κ2) is 12.6. The van der Waals surface area contributed by atoms with Crippen molar-refractivity contribution >= 4 is 52.0 Å². The van der Waals surface area contributed by atoms with Gasteiger partial charge in [-0.25, -0.2) is 19.6 Å². The summed E-state index contributed by atoms with van der Waals surface area (Å²) in [5.41, 5.74) is 6.39. The number of rotatable bonds is 7. The van der Waals surface area contributed by atoms with Crippen molar-refractivity contribution < 1.29 is 0 Å². The fourth-order valence-electron chi connectivity index (χ4n) is 3.88. The number of hydrogen-bond donors (Lipinski definition) is 4. The minimum absolute atomic E-state index is 0.269. The first kappa shape index (κ1) is 26.4. The van der Waals surface area contributed by atoms with E-state index in [1.807, 2.05) is 98.8 Å². The molecule has 0 bridgehead atoms. The second-order valence-corrected chi connectivity index (χ2v) is 9.36. The number of nitrogens with one attached hydrogen (secondary N) is 4. The monoisotopic (exact) mass is 548 g/mol. The van der Waals surface area contributed by atoms with E-state index in [-0.39, 0.29) is 5.11 Å². The Balaban J connectivity index is 1.29. The molecule has 0 saturated heterocycles. The van der Waals surface area contributed by atoms with Gasteiger partial charge in [0.15, 0.2) is 0 Å². The standard InChI is InChI=1S/C29H28N10S/c1-20-16-21(2)33-27(32-20)37-28(35-25-10-8-22(9-11-25)17-39-19-30-18-31-39)38-29(40)36-26-14-12-24(13-15-26)34-23-6-4-3-5-7-23/h3-16,18-19,34H,17H2,1-2H3,(H3,32,33,35,36,37,38,40). The first-order chi connectivity index (χ1) is 19.5. The third-order valence-electron chi connectivity index (χ3n) is 5.65. The Hall–Kier alpha value is -5.16. The summed E-state index contributed by atoms with van der Waals surface area (Å²) in [6.07, 6.45) is 3.21. The number of aryl methyl sites for hydroxylation is 2. The van der Waals surface area contributed by atoms with Gasteiger partial charge in [-0.3, -0.25) is 5.32 Å². The van der Waals surface area contributed by atoms with Crippen LogP contribution >= 0.6 is 12.2 Å². The summed E-state index contributed by atoms with van der Waals surface area (Å²) in [6.45, 7) is 4.46. The average molecular weight is 549 g/mol. The summed E-state index contributed by atoms with van der Waals surface area (Å²) in [4.78, 5) is 17.5. The minimum atomic E-state index is 0.269. The van der Waals surface area contributed by atoms with Gasteiger partial charge < -0.3 is 16.0 Å². The van der Waals surface area contributed by atoms with Crippen molar-refractivity contribution in [1.29, 1.82) is 0 Å². The van der Waals surface area contributed by atoms with Gasteiger partial charge in [0.25, 0.3) is 0 Å². The van der Waals surface area contributed by atoms with E-state index in [9.17, 15) is 0 Å². The zero-order valence-electron chi connectivity index (χ0n) is 22.0. The highest BCUT2D eigenvalue weighted by Crippen LogP contribution is 2.19. The summed E-state index contributed by atoms with van der Waals surface area (Å²) in [5, 5.41) is 17.4. The van der Waals surface area contributed by atoms with Gasteiger partial charge in [-0.15, -0.1) is 0 Å². The predicted octanol–water partition coefficient (Wildman–Crippen LogP) is 5.75. The molecule has 0 fully saturated rings.